The number of sulfonamides is 1. The Hall–Kier alpha value is -2.74. The standard InChI is InChI=1S/C16H20N4O3S/c1-20(2)15-10-8-13(9-11-15)18-16(21)17-12-4-6-14(7-5-12)19-24(3,22)23/h4-11,19H,1-3H3,(H2,17,18,21). The smallest absolute Gasteiger partial charge is 0.323 e. The fraction of sp³-hybridized carbons (Fsp3) is 0.188. The molecule has 2 amide bonds. The summed E-state index contributed by atoms with van der Waals surface area (Å²) in [5, 5.41) is 5.41. The number of urea groups is 1. The Balaban J connectivity index is 1.94. The van der Waals surface area contributed by atoms with Gasteiger partial charge in [-0.3, -0.25) is 4.72 Å². The molecule has 0 spiro atoms. The van der Waals surface area contributed by atoms with E-state index in [2.05, 4.69) is 15.4 Å². The van der Waals surface area contributed by atoms with Crippen molar-refractivity contribution >= 4 is 38.8 Å². The summed E-state index contributed by atoms with van der Waals surface area (Å²) in [5.41, 5.74) is 2.70. The van der Waals surface area contributed by atoms with Crippen LogP contribution in [0.2, 0.25) is 0 Å². The Morgan fingerprint density at radius 1 is 0.833 bits per heavy atom. The van der Waals surface area contributed by atoms with Gasteiger partial charge in [-0.1, -0.05) is 0 Å². The number of carbonyl (C=O) groups excluding carboxylic acids is 1. The van der Waals surface area contributed by atoms with Crippen molar-refractivity contribution in [2.24, 2.45) is 0 Å². The molecule has 0 aliphatic rings. The quantitative estimate of drug-likeness (QED) is 0.775. The number of amides is 2. The van der Waals surface area contributed by atoms with Crippen LogP contribution in [0.15, 0.2) is 48.5 Å². The van der Waals surface area contributed by atoms with Crippen molar-refractivity contribution in [2.45, 2.75) is 0 Å². The third-order valence-corrected chi connectivity index (χ3v) is 3.69. The second-order valence-electron chi connectivity index (χ2n) is 5.47. The molecule has 0 aromatic heterocycles. The van der Waals surface area contributed by atoms with Crippen molar-refractivity contribution in [2.75, 3.05) is 40.6 Å². The summed E-state index contributed by atoms with van der Waals surface area (Å²) >= 11 is 0. The maximum absolute atomic E-state index is 12.0. The first-order valence-electron chi connectivity index (χ1n) is 7.16. The summed E-state index contributed by atoms with van der Waals surface area (Å²) < 4.78 is 24.6. The zero-order valence-corrected chi connectivity index (χ0v) is 14.5. The summed E-state index contributed by atoms with van der Waals surface area (Å²) in [4.78, 5) is 13.9. The van der Waals surface area contributed by atoms with E-state index >= 15 is 0 Å². The van der Waals surface area contributed by atoms with Crippen molar-refractivity contribution in [3.05, 3.63) is 48.5 Å². The molecule has 2 aromatic rings. The summed E-state index contributed by atoms with van der Waals surface area (Å²) in [7, 11) is 0.567. The minimum Gasteiger partial charge on any atom is -0.378 e. The first kappa shape index (κ1) is 17.6. The molecule has 0 aliphatic heterocycles. The average Bonchev–Trinajstić information content (AvgIpc) is 2.48. The topological polar surface area (TPSA) is 90.5 Å². The highest BCUT2D eigenvalue weighted by atomic mass is 32.2. The molecule has 0 heterocycles. The van der Waals surface area contributed by atoms with Gasteiger partial charge in [-0.25, -0.2) is 13.2 Å². The normalized spacial score (nSPS) is 10.8. The molecule has 0 saturated heterocycles. The highest BCUT2D eigenvalue weighted by molar-refractivity contribution is 7.92. The lowest BCUT2D eigenvalue weighted by molar-refractivity contribution is 0.262. The van der Waals surface area contributed by atoms with Gasteiger partial charge in [-0.2, -0.15) is 0 Å². The molecular formula is C16H20N4O3S. The van der Waals surface area contributed by atoms with E-state index in [1.54, 1.807) is 24.3 Å². The van der Waals surface area contributed by atoms with Crippen LogP contribution in [0.5, 0.6) is 0 Å². The highest BCUT2D eigenvalue weighted by Gasteiger charge is 2.05. The first-order valence-corrected chi connectivity index (χ1v) is 9.05. The molecule has 0 radical (unpaired) electrons. The van der Waals surface area contributed by atoms with Gasteiger partial charge in [0.15, 0.2) is 0 Å². The molecule has 7 nitrogen and oxygen atoms in total. The van der Waals surface area contributed by atoms with Gasteiger partial charge in [0.25, 0.3) is 0 Å². The molecule has 2 aromatic carbocycles. The number of anilines is 4. The molecule has 0 unspecified atom stereocenters. The Morgan fingerprint density at radius 2 is 1.25 bits per heavy atom. The van der Waals surface area contributed by atoms with Crippen LogP contribution < -0.4 is 20.3 Å². The summed E-state index contributed by atoms with van der Waals surface area (Å²) in [6, 6.07) is 13.4. The number of nitrogens with one attached hydrogen (secondary N) is 3. The zero-order chi connectivity index (χ0) is 17.7. The summed E-state index contributed by atoms with van der Waals surface area (Å²) in [5.74, 6) is 0. The number of benzene rings is 2. The molecule has 0 atom stereocenters. The van der Waals surface area contributed by atoms with Crippen LogP contribution in [0.1, 0.15) is 0 Å². The highest BCUT2D eigenvalue weighted by Crippen LogP contribution is 2.17. The van der Waals surface area contributed by atoms with Crippen LogP contribution in [0, 0.1) is 0 Å². The van der Waals surface area contributed by atoms with E-state index in [-0.39, 0.29) is 6.03 Å². The van der Waals surface area contributed by atoms with Gasteiger partial charge in [0, 0.05) is 36.8 Å². The fourth-order valence-corrected chi connectivity index (χ4v) is 2.54. The lowest BCUT2D eigenvalue weighted by Gasteiger charge is -2.13. The fourth-order valence-electron chi connectivity index (χ4n) is 1.97. The minimum atomic E-state index is -3.32. The van der Waals surface area contributed by atoms with Crippen LogP contribution in [-0.2, 0) is 10.0 Å². The average molecular weight is 348 g/mol. The number of hydrogen-bond donors (Lipinski definition) is 3. The zero-order valence-electron chi connectivity index (χ0n) is 13.7. The summed E-state index contributed by atoms with van der Waals surface area (Å²) in [6.07, 6.45) is 1.08. The van der Waals surface area contributed by atoms with E-state index in [4.69, 9.17) is 0 Å². The maximum atomic E-state index is 12.0. The number of rotatable bonds is 5. The predicted molar refractivity (Wildman–Crippen MR) is 98.3 cm³/mol. The van der Waals surface area contributed by atoms with Gasteiger partial charge >= 0.3 is 6.03 Å². The second-order valence-corrected chi connectivity index (χ2v) is 7.22. The predicted octanol–water partition coefficient (Wildman–Crippen LogP) is 2.77. The third kappa shape index (κ3) is 5.47. The van der Waals surface area contributed by atoms with Crippen molar-refractivity contribution in [1.29, 1.82) is 0 Å². The van der Waals surface area contributed by atoms with Crippen LogP contribution in [0.25, 0.3) is 0 Å². The van der Waals surface area contributed by atoms with Crippen LogP contribution in [0.4, 0.5) is 27.5 Å². The Kier molecular flexibility index (Phi) is 5.30. The maximum Gasteiger partial charge on any atom is 0.323 e. The number of nitrogens with zero attached hydrogens (tertiary/aromatic N) is 1. The Bertz CT molecular complexity index is 800. The number of carbonyl (C=O) groups is 1. The molecule has 3 N–H and O–H groups in total. The number of hydrogen-bond acceptors (Lipinski definition) is 4. The lowest BCUT2D eigenvalue weighted by atomic mass is 10.2. The lowest BCUT2D eigenvalue weighted by Crippen LogP contribution is -2.19. The van der Waals surface area contributed by atoms with E-state index in [9.17, 15) is 13.2 Å². The minimum absolute atomic E-state index is 0.378. The molecule has 0 saturated carbocycles. The van der Waals surface area contributed by atoms with Crippen LogP contribution in [0.3, 0.4) is 0 Å². The van der Waals surface area contributed by atoms with E-state index in [1.165, 1.54) is 0 Å². The van der Waals surface area contributed by atoms with Gasteiger partial charge in [-0.15, -0.1) is 0 Å². The molecule has 8 heteroatoms. The van der Waals surface area contributed by atoms with Gasteiger partial charge < -0.3 is 15.5 Å². The largest absolute Gasteiger partial charge is 0.378 e. The molecule has 0 aliphatic carbocycles. The molecule has 128 valence electrons. The van der Waals surface area contributed by atoms with Crippen molar-refractivity contribution in [3.63, 3.8) is 0 Å². The molecule has 24 heavy (non-hydrogen) atoms. The van der Waals surface area contributed by atoms with Gasteiger partial charge in [0.1, 0.15) is 0 Å². The third-order valence-electron chi connectivity index (χ3n) is 3.09. The SMILES string of the molecule is CN(C)c1ccc(NC(=O)Nc2ccc(NS(C)(=O)=O)cc2)cc1. The second kappa shape index (κ2) is 7.22. The van der Waals surface area contributed by atoms with Crippen molar-refractivity contribution < 1.29 is 13.2 Å². The molecule has 2 rings (SSSR count). The first-order chi connectivity index (χ1) is 11.2. The Morgan fingerprint density at radius 3 is 1.67 bits per heavy atom. The van der Waals surface area contributed by atoms with Crippen LogP contribution >= 0.6 is 0 Å². The Labute approximate surface area is 141 Å². The van der Waals surface area contributed by atoms with Gasteiger partial charge in [-0.05, 0) is 48.5 Å². The van der Waals surface area contributed by atoms with Crippen molar-refractivity contribution in [1.82, 2.24) is 0 Å². The van der Waals surface area contributed by atoms with E-state index in [1.807, 2.05) is 43.3 Å². The van der Waals surface area contributed by atoms with E-state index < -0.39 is 10.0 Å². The van der Waals surface area contributed by atoms with Gasteiger partial charge in [0.05, 0.1) is 6.26 Å². The van der Waals surface area contributed by atoms with E-state index in [0.717, 1.165) is 11.9 Å². The monoisotopic (exact) mass is 348 g/mol. The molecular weight excluding hydrogens is 328 g/mol. The molecule has 0 fully saturated rings. The van der Waals surface area contributed by atoms with Crippen LogP contribution in [-0.4, -0.2) is 34.8 Å². The molecule has 0 bridgehead atoms. The van der Waals surface area contributed by atoms with Crippen molar-refractivity contribution in [3.8, 4) is 0 Å². The van der Waals surface area contributed by atoms with Gasteiger partial charge in [0.2, 0.25) is 10.0 Å². The summed E-state index contributed by atoms with van der Waals surface area (Å²) in [6.45, 7) is 0. The van der Waals surface area contributed by atoms with E-state index in [0.29, 0.717) is 17.1 Å².